The molecule has 0 aromatic carbocycles. The van der Waals surface area contributed by atoms with E-state index in [9.17, 15) is 4.79 Å². The summed E-state index contributed by atoms with van der Waals surface area (Å²) in [4.78, 5) is 18.2. The maximum atomic E-state index is 12.2. The molecule has 2 heterocycles. The van der Waals surface area contributed by atoms with Crippen LogP contribution in [-0.4, -0.2) is 35.2 Å². The van der Waals surface area contributed by atoms with Gasteiger partial charge in [0, 0.05) is 25.5 Å². The van der Waals surface area contributed by atoms with Crippen LogP contribution in [0.1, 0.15) is 63.4 Å². The van der Waals surface area contributed by atoms with Crippen molar-refractivity contribution >= 4 is 6.09 Å². The molecule has 2 aliphatic rings. The second-order valence-electron chi connectivity index (χ2n) is 7.32. The zero-order chi connectivity index (χ0) is 16.6. The SMILES string of the molecule is O=C(OC1CCCC1)N1CCC(CCCCc2ccncc2)CC1. The number of ether oxygens (including phenoxy) is 1. The number of rotatable bonds is 6. The molecular formula is C20H30N2O2. The lowest BCUT2D eigenvalue weighted by molar-refractivity contribution is 0.0546. The quantitative estimate of drug-likeness (QED) is 0.717. The van der Waals surface area contributed by atoms with E-state index in [0.29, 0.717) is 0 Å². The Morgan fingerprint density at radius 2 is 1.79 bits per heavy atom. The fourth-order valence-corrected chi connectivity index (χ4v) is 3.94. The van der Waals surface area contributed by atoms with Gasteiger partial charge in [0.25, 0.3) is 0 Å². The lowest BCUT2D eigenvalue weighted by Gasteiger charge is -2.32. The summed E-state index contributed by atoms with van der Waals surface area (Å²) >= 11 is 0. The first kappa shape index (κ1) is 17.2. The predicted octanol–water partition coefficient (Wildman–Crippen LogP) is 4.59. The van der Waals surface area contributed by atoms with E-state index >= 15 is 0 Å². The summed E-state index contributed by atoms with van der Waals surface area (Å²) in [5.74, 6) is 0.776. The van der Waals surface area contributed by atoms with Crippen molar-refractivity contribution in [2.45, 2.75) is 70.3 Å². The minimum absolute atomic E-state index is 0.0713. The maximum Gasteiger partial charge on any atom is 0.410 e. The van der Waals surface area contributed by atoms with Gasteiger partial charge in [0.05, 0.1) is 0 Å². The van der Waals surface area contributed by atoms with E-state index in [4.69, 9.17) is 4.74 Å². The molecule has 4 heteroatoms. The van der Waals surface area contributed by atoms with Crippen LogP contribution in [0.25, 0.3) is 0 Å². The summed E-state index contributed by atoms with van der Waals surface area (Å²) < 4.78 is 5.62. The van der Waals surface area contributed by atoms with Crippen LogP contribution in [0.4, 0.5) is 4.79 Å². The van der Waals surface area contributed by atoms with Crippen molar-refractivity contribution in [3.05, 3.63) is 30.1 Å². The topological polar surface area (TPSA) is 42.4 Å². The van der Waals surface area contributed by atoms with E-state index in [1.807, 2.05) is 17.3 Å². The molecular weight excluding hydrogens is 300 g/mol. The lowest BCUT2D eigenvalue weighted by atomic mass is 9.91. The Bertz CT molecular complexity index is 492. The van der Waals surface area contributed by atoms with Crippen molar-refractivity contribution in [1.29, 1.82) is 0 Å². The maximum absolute atomic E-state index is 12.2. The van der Waals surface area contributed by atoms with E-state index < -0.39 is 0 Å². The molecule has 1 aromatic heterocycles. The molecule has 0 radical (unpaired) electrons. The Morgan fingerprint density at radius 1 is 1.08 bits per heavy atom. The predicted molar refractivity (Wildman–Crippen MR) is 94.8 cm³/mol. The minimum Gasteiger partial charge on any atom is -0.446 e. The zero-order valence-corrected chi connectivity index (χ0v) is 14.7. The molecule has 0 bridgehead atoms. The minimum atomic E-state index is -0.0713. The van der Waals surface area contributed by atoms with Gasteiger partial charge in [0.15, 0.2) is 0 Å². The first-order valence-electron chi connectivity index (χ1n) is 9.66. The van der Waals surface area contributed by atoms with Gasteiger partial charge in [-0.3, -0.25) is 4.98 Å². The molecule has 1 aliphatic carbocycles. The number of likely N-dealkylation sites (tertiary alicyclic amines) is 1. The van der Waals surface area contributed by atoms with Gasteiger partial charge < -0.3 is 9.64 Å². The number of amides is 1. The zero-order valence-electron chi connectivity index (χ0n) is 14.7. The normalized spacial score (nSPS) is 19.6. The third kappa shape index (κ3) is 5.22. The molecule has 1 saturated carbocycles. The largest absolute Gasteiger partial charge is 0.446 e. The third-order valence-corrected chi connectivity index (χ3v) is 5.52. The summed E-state index contributed by atoms with van der Waals surface area (Å²) in [5.41, 5.74) is 1.38. The monoisotopic (exact) mass is 330 g/mol. The molecule has 0 unspecified atom stereocenters. The van der Waals surface area contributed by atoms with Crippen LogP contribution in [0, 0.1) is 5.92 Å². The highest BCUT2D eigenvalue weighted by molar-refractivity contribution is 5.67. The highest BCUT2D eigenvalue weighted by Gasteiger charge is 2.26. The molecule has 0 N–H and O–H groups in total. The Morgan fingerprint density at radius 3 is 2.50 bits per heavy atom. The highest BCUT2D eigenvalue weighted by atomic mass is 16.6. The summed E-state index contributed by atoms with van der Waals surface area (Å²) in [6.07, 6.45) is 15.6. The van der Waals surface area contributed by atoms with Crippen LogP contribution in [0.3, 0.4) is 0 Å². The van der Waals surface area contributed by atoms with Gasteiger partial charge in [0.2, 0.25) is 0 Å². The molecule has 1 aromatic rings. The number of pyridine rings is 1. The molecule has 3 rings (SSSR count). The van der Waals surface area contributed by atoms with Gasteiger partial charge in [-0.25, -0.2) is 4.79 Å². The standard InChI is InChI=1S/C20H30N2O2/c23-20(24-19-7-3-4-8-19)22-15-11-18(12-16-22)6-2-1-5-17-9-13-21-14-10-17/h9-10,13-14,18-19H,1-8,11-12,15-16H2. The first-order valence-corrected chi connectivity index (χ1v) is 9.66. The van der Waals surface area contributed by atoms with Crippen molar-refractivity contribution in [2.24, 2.45) is 5.92 Å². The van der Waals surface area contributed by atoms with Crippen LogP contribution in [0.5, 0.6) is 0 Å². The molecule has 24 heavy (non-hydrogen) atoms. The van der Waals surface area contributed by atoms with Crippen LogP contribution < -0.4 is 0 Å². The smallest absolute Gasteiger partial charge is 0.410 e. The summed E-state index contributed by atoms with van der Waals surface area (Å²) in [5, 5.41) is 0. The second kappa shape index (κ2) is 9.05. The fraction of sp³-hybridized carbons (Fsp3) is 0.700. The molecule has 4 nitrogen and oxygen atoms in total. The van der Waals surface area contributed by atoms with Gasteiger partial charge in [-0.2, -0.15) is 0 Å². The van der Waals surface area contributed by atoms with E-state index in [-0.39, 0.29) is 12.2 Å². The van der Waals surface area contributed by atoms with Gasteiger partial charge in [-0.05, 0) is 75.0 Å². The summed E-state index contributed by atoms with van der Waals surface area (Å²) in [6, 6.07) is 4.21. The summed E-state index contributed by atoms with van der Waals surface area (Å²) in [6.45, 7) is 1.75. The number of aromatic nitrogens is 1. The van der Waals surface area contributed by atoms with Crippen molar-refractivity contribution in [1.82, 2.24) is 9.88 Å². The molecule has 1 saturated heterocycles. The molecule has 0 spiro atoms. The van der Waals surface area contributed by atoms with Crippen LogP contribution in [0.2, 0.25) is 0 Å². The molecule has 1 amide bonds. The number of carbonyl (C=O) groups excluding carboxylic acids is 1. The van der Waals surface area contributed by atoms with Crippen molar-refractivity contribution in [3.63, 3.8) is 0 Å². The van der Waals surface area contributed by atoms with Gasteiger partial charge in [0.1, 0.15) is 6.10 Å². The van der Waals surface area contributed by atoms with Crippen molar-refractivity contribution in [2.75, 3.05) is 13.1 Å². The number of hydrogen-bond donors (Lipinski definition) is 0. The number of unbranched alkanes of at least 4 members (excludes halogenated alkanes) is 1. The number of carbonyl (C=O) groups is 1. The fourth-order valence-electron chi connectivity index (χ4n) is 3.94. The second-order valence-corrected chi connectivity index (χ2v) is 7.32. The van der Waals surface area contributed by atoms with Gasteiger partial charge in [-0.15, -0.1) is 0 Å². The third-order valence-electron chi connectivity index (χ3n) is 5.52. The lowest BCUT2D eigenvalue weighted by Crippen LogP contribution is -2.40. The van der Waals surface area contributed by atoms with E-state index in [1.54, 1.807) is 0 Å². The van der Waals surface area contributed by atoms with E-state index in [0.717, 1.165) is 51.1 Å². The molecule has 132 valence electrons. The average Bonchev–Trinajstić information content (AvgIpc) is 3.13. The van der Waals surface area contributed by atoms with Crippen LogP contribution >= 0.6 is 0 Å². The van der Waals surface area contributed by atoms with Crippen LogP contribution in [0.15, 0.2) is 24.5 Å². The van der Waals surface area contributed by atoms with E-state index in [1.165, 1.54) is 37.7 Å². The Hall–Kier alpha value is -1.58. The average molecular weight is 330 g/mol. The number of piperidine rings is 1. The number of aryl methyl sites for hydroxylation is 1. The Balaban J connectivity index is 1.28. The van der Waals surface area contributed by atoms with Crippen LogP contribution in [-0.2, 0) is 11.2 Å². The van der Waals surface area contributed by atoms with E-state index in [2.05, 4.69) is 17.1 Å². The van der Waals surface area contributed by atoms with Gasteiger partial charge >= 0.3 is 6.09 Å². The van der Waals surface area contributed by atoms with Crippen molar-refractivity contribution in [3.8, 4) is 0 Å². The molecule has 0 atom stereocenters. The van der Waals surface area contributed by atoms with Crippen molar-refractivity contribution < 1.29 is 9.53 Å². The number of hydrogen-bond acceptors (Lipinski definition) is 3. The Kier molecular flexibility index (Phi) is 6.50. The Labute approximate surface area is 145 Å². The molecule has 1 aliphatic heterocycles. The molecule has 2 fully saturated rings. The van der Waals surface area contributed by atoms with Gasteiger partial charge in [-0.1, -0.05) is 12.8 Å². The first-order chi connectivity index (χ1) is 11.8. The summed E-state index contributed by atoms with van der Waals surface area (Å²) in [7, 11) is 0. The highest BCUT2D eigenvalue weighted by Crippen LogP contribution is 2.25. The number of nitrogens with zero attached hydrogens (tertiary/aromatic N) is 2.